The number of nitrogens with zero attached hydrogens (tertiary/aromatic N) is 2. The number of allylic oxidation sites excluding steroid dienone is 2. The Hall–Kier alpha value is -2.82. The molecule has 4 rings (SSSR count). The van der Waals surface area contributed by atoms with Crippen molar-refractivity contribution in [3.8, 4) is 0 Å². The summed E-state index contributed by atoms with van der Waals surface area (Å²) in [6.45, 7) is 8.94. The molecule has 1 unspecified atom stereocenters. The third-order valence-corrected chi connectivity index (χ3v) is 6.45. The first-order valence-electron chi connectivity index (χ1n) is 10.9. The van der Waals surface area contributed by atoms with Gasteiger partial charge in [-0.3, -0.25) is 19.5 Å². The molecule has 30 heavy (non-hydrogen) atoms. The summed E-state index contributed by atoms with van der Waals surface area (Å²) in [6.07, 6.45) is 3.54. The molecule has 1 fully saturated rings. The Labute approximate surface area is 177 Å². The maximum atomic E-state index is 12.8. The van der Waals surface area contributed by atoms with Gasteiger partial charge in [-0.15, -0.1) is 0 Å². The molecule has 3 heterocycles. The van der Waals surface area contributed by atoms with Crippen molar-refractivity contribution in [3.05, 3.63) is 47.2 Å². The minimum atomic E-state index is -0.425. The van der Waals surface area contributed by atoms with Crippen LogP contribution in [0, 0.1) is 5.92 Å². The van der Waals surface area contributed by atoms with Gasteiger partial charge in [-0.25, -0.2) is 4.98 Å². The van der Waals surface area contributed by atoms with Gasteiger partial charge in [0.1, 0.15) is 11.3 Å². The predicted octanol–water partition coefficient (Wildman–Crippen LogP) is 4.27. The number of rotatable bonds is 4. The number of aromatic nitrogens is 1. The summed E-state index contributed by atoms with van der Waals surface area (Å²) < 4.78 is 0. The molecular weight excluding hydrogens is 374 g/mol. The highest BCUT2D eigenvalue weighted by Gasteiger charge is 2.42. The fraction of sp³-hybridized carbons (Fsp3) is 0.440. The van der Waals surface area contributed by atoms with Crippen LogP contribution in [0.15, 0.2) is 46.6 Å². The zero-order valence-electron chi connectivity index (χ0n) is 18.3. The summed E-state index contributed by atoms with van der Waals surface area (Å²) in [6, 6.07) is 10.4. The predicted molar refractivity (Wildman–Crippen MR) is 120 cm³/mol. The molecule has 1 aromatic carbocycles. The second-order valence-electron chi connectivity index (χ2n) is 8.58. The van der Waals surface area contributed by atoms with Gasteiger partial charge in [-0.1, -0.05) is 18.2 Å². The van der Waals surface area contributed by atoms with Crippen LogP contribution in [-0.4, -0.2) is 30.4 Å². The quantitative estimate of drug-likeness (QED) is 0.764. The maximum absolute atomic E-state index is 12.8. The molecule has 5 nitrogen and oxygen atoms in total. The van der Waals surface area contributed by atoms with E-state index >= 15 is 0 Å². The molecule has 2 aromatic rings. The molecule has 2 atom stereocenters. The van der Waals surface area contributed by atoms with E-state index in [-0.39, 0.29) is 17.5 Å². The minimum absolute atomic E-state index is 0.0160. The van der Waals surface area contributed by atoms with Crippen molar-refractivity contribution in [2.24, 2.45) is 10.9 Å². The van der Waals surface area contributed by atoms with Crippen LogP contribution in [0.2, 0.25) is 0 Å². The van der Waals surface area contributed by atoms with Gasteiger partial charge in [0.2, 0.25) is 0 Å². The van der Waals surface area contributed by atoms with Gasteiger partial charge in [-0.05, 0) is 59.1 Å². The highest BCUT2D eigenvalue weighted by molar-refractivity contribution is 6.09. The molecule has 1 N–H and O–H groups in total. The summed E-state index contributed by atoms with van der Waals surface area (Å²) in [4.78, 5) is 36.2. The van der Waals surface area contributed by atoms with E-state index in [4.69, 9.17) is 0 Å². The molecule has 0 radical (unpaired) electrons. The number of aromatic amines is 1. The molecule has 5 heteroatoms. The Morgan fingerprint density at radius 1 is 1.07 bits per heavy atom. The van der Waals surface area contributed by atoms with Crippen LogP contribution >= 0.6 is 0 Å². The number of Topliss-reactive ketones (excluding diaryl/α,β-unsaturated/α-hetero) is 2. The lowest BCUT2D eigenvalue weighted by Crippen LogP contribution is -2.39. The van der Waals surface area contributed by atoms with Crippen LogP contribution in [0.4, 0.5) is 5.82 Å². The second-order valence-corrected chi connectivity index (χ2v) is 8.58. The Bertz CT molecular complexity index is 1080. The summed E-state index contributed by atoms with van der Waals surface area (Å²) >= 11 is 0. The van der Waals surface area contributed by atoms with Crippen LogP contribution in [0.5, 0.6) is 0 Å². The number of carbonyl (C=O) groups excluding carboxylic acids is 2. The number of piperidine rings is 1. The van der Waals surface area contributed by atoms with E-state index in [0.29, 0.717) is 5.57 Å². The number of H-pyrrole nitrogens is 1. The van der Waals surface area contributed by atoms with Crippen molar-refractivity contribution in [2.75, 3.05) is 18.0 Å². The highest BCUT2D eigenvalue weighted by Crippen LogP contribution is 2.43. The number of carbonyl (C=O) groups is 2. The number of fused-ring (bicyclic) bond motifs is 1. The molecule has 0 bridgehead atoms. The number of para-hydroxylation sites is 1. The fourth-order valence-electron chi connectivity index (χ4n) is 5.15. The lowest BCUT2D eigenvalue weighted by atomic mass is 9.72. The zero-order chi connectivity index (χ0) is 21.4. The molecule has 0 amide bonds. The van der Waals surface area contributed by atoms with Crippen LogP contribution in [-0.2, 0) is 9.59 Å². The van der Waals surface area contributed by atoms with Gasteiger partial charge in [0.05, 0.1) is 24.6 Å². The lowest BCUT2D eigenvalue weighted by Gasteiger charge is -2.33. The van der Waals surface area contributed by atoms with Crippen molar-refractivity contribution in [2.45, 2.75) is 52.9 Å². The van der Waals surface area contributed by atoms with E-state index in [2.05, 4.69) is 33.1 Å². The second kappa shape index (κ2) is 8.13. The lowest BCUT2D eigenvalue weighted by molar-refractivity contribution is -0.331. The van der Waals surface area contributed by atoms with E-state index in [1.807, 2.05) is 26.0 Å². The van der Waals surface area contributed by atoms with Crippen molar-refractivity contribution < 1.29 is 14.6 Å². The molecule has 0 aliphatic carbocycles. The molecule has 0 spiro atoms. The number of aliphatic imine (C=N–C) groups is 1. The van der Waals surface area contributed by atoms with Gasteiger partial charge in [0.15, 0.2) is 5.78 Å². The molecule has 1 saturated heterocycles. The van der Waals surface area contributed by atoms with Gasteiger partial charge >= 0.3 is 0 Å². The molecule has 156 valence electrons. The Morgan fingerprint density at radius 2 is 1.77 bits per heavy atom. The van der Waals surface area contributed by atoms with Crippen molar-refractivity contribution in [1.82, 2.24) is 0 Å². The largest absolute Gasteiger partial charge is 0.299 e. The Morgan fingerprint density at radius 3 is 2.43 bits per heavy atom. The minimum Gasteiger partial charge on any atom is -0.299 e. The average molecular weight is 405 g/mol. The van der Waals surface area contributed by atoms with Crippen LogP contribution in [0.3, 0.4) is 0 Å². The number of benzene rings is 1. The van der Waals surface area contributed by atoms with Crippen LogP contribution in [0.25, 0.3) is 10.9 Å². The monoisotopic (exact) mass is 404 g/mol. The topological polar surface area (TPSA) is 63.9 Å². The van der Waals surface area contributed by atoms with E-state index in [0.717, 1.165) is 59.6 Å². The van der Waals surface area contributed by atoms with Gasteiger partial charge < -0.3 is 0 Å². The Balaban J connectivity index is 2.00. The van der Waals surface area contributed by atoms with Crippen LogP contribution in [0.1, 0.15) is 58.4 Å². The molecule has 0 saturated carbocycles. The number of pyridine rings is 1. The summed E-state index contributed by atoms with van der Waals surface area (Å²) in [5.41, 5.74) is 4.25. The van der Waals surface area contributed by atoms with E-state index in [9.17, 15) is 9.59 Å². The van der Waals surface area contributed by atoms with Crippen molar-refractivity contribution in [1.29, 1.82) is 0 Å². The third kappa shape index (κ3) is 3.57. The first-order chi connectivity index (χ1) is 14.4. The standard InChI is InChI=1S/C25H29N3O2/c1-15-22(17(3)29)24(23(18(4)30)16(2)26-15)20-14-19-10-6-7-11-21(19)27-25(20)28-12-8-5-9-13-28/h6-7,10-11,14,22,24H,5,8-9,12-13H2,1-4H3/p+1/t22?,24-/m0/s1. The smallest absolute Gasteiger partial charge is 0.278 e. The molecule has 2 aliphatic heterocycles. The Kier molecular flexibility index (Phi) is 5.54. The van der Waals surface area contributed by atoms with Gasteiger partial charge in [0.25, 0.3) is 5.82 Å². The van der Waals surface area contributed by atoms with E-state index < -0.39 is 5.92 Å². The fourth-order valence-corrected chi connectivity index (χ4v) is 5.15. The number of hydrogen-bond donors (Lipinski definition) is 0. The number of hydrogen-bond acceptors (Lipinski definition) is 4. The average Bonchev–Trinajstić information content (AvgIpc) is 2.72. The first-order valence-corrected chi connectivity index (χ1v) is 10.9. The molecule has 1 aromatic heterocycles. The number of ketones is 2. The number of nitrogens with one attached hydrogen (secondary N) is 1. The molecular formula is C25H30N3O2+. The highest BCUT2D eigenvalue weighted by atomic mass is 16.1. The zero-order valence-corrected chi connectivity index (χ0v) is 18.3. The van der Waals surface area contributed by atoms with E-state index in [1.165, 1.54) is 6.42 Å². The van der Waals surface area contributed by atoms with Gasteiger partial charge in [0, 0.05) is 28.3 Å². The van der Waals surface area contributed by atoms with E-state index in [1.54, 1.807) is 13.8 Å². The maximum Gasteiger partial charge on any atom is 0.278 e. The number of anilines is 1. The SMILES string of the molecule is CC(=O)C1=C(C)N=C(C)C(C(C)=O)[C@@H]1c1cc2ccccc2[nH+]c1N1CCCCC1. The summed E-state index contributed by atoms with van der Waals surface area (Å²) in [5, 5.41) is 1.08. The van der Waals surface area contributed by atoms with Crippen molar-refractivity contribution in [3.63, 3.8) is 0 Å². The summed E-state index contributed by atoms with van der Waals surface area (Å²) in [7, 11) is 0. The van der Waals surface area contributed by atoms with Crippen molar-refractivity contribution >= 4 is 34.0 Å². The van der Waals surface area contributed by atoms with Gasteiger partial charge in [-0.2, -0.15) is 0 Å². The van der Waals surface area contributed by atoms with Crippen LogP contribution < -0.4 is 9.88 Å². The third-order valence-electron chi connectivity index (χ3n) is 6.45. The molecule has 2 aliphatic rings. The summed E-state index contributed by atoms with van der Waals surface area (Å²) in [5.74, 6) is 0.315. The first kappa shape index (κ1) is 20.5. The normalized spacial score (nSPS) is 22.3.